The van der Waals surface area contributed by atoms with Gasteiger partial charge in [-0.25, -0.2) is 0 Å². The van der Waals surface area contributed by atoms with Crippen molar-refractivity contribution in [1.29, 1.82) is 0 Å². The van der Waals surface area contributed by atoms with E-state index < -0.39 is 8.32 Å². The van der Waals surface area contributed by atoms with Crippen LogP contribution in [0.3, 0.4) is 0 Å². The van der Waals surface area contributed by atoms with Crippen molar-refractivity contribution < 1.29 is 18.7 Å². The van der Waals surface area contributed by atoms with Crippen LogP contribution in [0.2, 0.25) is 16.6 Å². The fourth-order valence-electron chi connectivity index (χ4n) is 9.06. The number of hydrogen-bond acceptors (Lipinski definition) is 4. The molecule has 0 amide bonds. The molecule has 0 saturated heterocycles. The van der Waals surface area contributed by atoms with Crippen LogP contribution in [-0.4, -0.2) is 28.0 Å². The Morgan fingerprint density at radius 2 is 1.68 bits per heavy atom. The maximum absolute atomic E-state index is 11.4. The lowest BCUT2D eigenvalue weighted by atomic mass is 9.53. The zero-order valence-corrected chi connectivity index (χ0v) is 26.6. The first-order chi connectivity index (χ1) is 17.9. The number of rotatable bonds is 9. The first-order valence-corrected chi connectivity index (χ1v) is 17.2. The van der Waals surface area contributed by atoms with Crippen molar-refractivity contribution in [2.75, 3.05) is 13.7 Å². The van der Waals surface area contributed by atoms with Gasteiger partial charge in [0.1, 0.15) is 5.75 Å². The molecule has 5 heteroatoms. The van der Waals surface area contributed by atoms with E-state index in [2.05, 4.69) is 73.6 Å². The first kappa shape index (κ1) is 29.2. The molecular formula is C33H52O4Si. The van der Waals surface area contributed by atoms with Gasteiger partial charge in [0.25, 0.3) is 8.32 Å². The molecule has 4 rings (SSSR count). The van der Waals surface area contributed by atoms with Gasteiger partial charge in [-0.05, 0) is 95.2 Å². The largest absolute Gasteiger partial charge is 0.540 e. The van der Waals surface area contributed by atoms with Crippen LogP contribution >= 0.6 is 0 Å². The molecule has 5 atom stereocenters. The van der Waals surface area contributed by atoms with Gasteiger partial charge in [0.05, 0.1) is 13.7 Å². The van der Waals surface area contributed by atoms with Gasteiger partial charge >= 0.3 is 5.97 Å². The summed E-state index contributed by atoms with van der Waals surface area (Å²) in [6.07, 6.45) is 8.39. The highest BCUT2D eigenvalue weighted by molar-refractivity contribution is 6.78. The molecule has 1 fully saturated rings. The summed E-state index contributed by atoms with van der Waals surface area (Å²) in [5, 5.41) is 0. The number of allylic oxidation sites excluding steroid dienone is 1. The number of carbonyl (C=O) groups excluding carboxylic acids is 1. The summed E-state index contributed by atoms with van der Waals surface area (Å²) in [6.45, 7) is 20.8. The summed E-state index contributed by atoms with van der Waals surface area (Å²) < 4.78 is 18.6. The van der Waals surface area contributed by atoms with E-state index in [0.717, 1.165) is 24.3 Å². The van der Waals surface area contributed by atoms with E-state index in [1.54, 1.807) is 7.11 Å². The van der Waals surface area contributed by atoms with E-state index in [-0.39, 0.29) is 17.3 Å². The highest BCUT2D eigenvalue weighted by Crippen LogP contribution is 2.62. The molecule has 1 aromatic carbocycles. The molecule has 212 valence electrons. The van der Waals surface area contributed by atoms with Gasteiger partial charge < -0.3 is 13.9 Å². The molecule has 0 aliphatic heterocycles. The Morgan fingerprint density at radius 3 is 2.26 bits per heavy atom. The van der Waals surface area contributed by atoms with Gasteiger partial charge in [-0.1, -0.05) is 67.0 Å². The van der Waals surface area contributed by atoms with Crippen LogP contribution in [0.15, 0.2) is 23.8 Å². The molecule has 1 unspecified atom stereocenters. The highest BCUT2D eigenvalue weighted by Gasteiger charge is 2.53. The average Bonchev–Trinajstić information content (AvgIpc) is 3.21. The standard InChI is InChI=1S/C33H52O4Si/c1-20(2)38(21(3)4,22(5)6)37-32-17-25-11-12-27-26(28(25)18-31(32)35-10)15-16-33(9)29(13-14-30(27)33)23(7)19-36-24(8)34/h13,17-18,20-23,26-27,30H,11-12,14-16,19H2,1-10H3/t23?,26-,27+,30-,33+/m0/s1. The van der Waals surface area contributed by atoms with Crippen molar-refractivity contribution in [3.63, 3.8) is 0 Å². The van der Waals surface area contributed by atoms with Crippen molar-refractivity contribution in [3.8, 4) is 11.5 Å². The van der Waals surface area contributed by atoms with Crippen molar-refractivity contribution in [3.05, 3.63) is 34.9 Å². The molecule has 0 N–H and O–H groups in total. The van der Waals surface area contributed by atoms with E-state index in [1.807, 2.05) is 0 Å². The summed E-state index contributed by atoms with van der Waals surface area (Å²) in [5.74, 6) is 3.91. The minimum atomic E-state index is -2.07. The summed E-state index contributed by atoms with van der Waals surface area (Å²) in [5.41, 5.74) is 6.27. The van der Waals surface area contributed by atoms with Crippen LogP contribution in [0.4, 0.5) is 0 Å². The second kappa shape index (κ2) is 11.0. The zero-order valence-electron chi connectivity index (χ0n) is 25.6. The number of carbonyl (C=O) groups is 1. The molecule has 1 saturated carbocycles. The van der Waals surface area contributed by atoms with E-state index in [0.29, 0.717) is 41.0 Å². The molecule has 3 aliphatic carbocycles. The fraction of sp³-hybridized carbons (Fsp3) is 0.727. The van der Waals surface area contributed by atoms with Crippen molar-refractivity contribution in [2.45, 2.75) is 117 Å². The summed E-state index contributed by atoms with van der Waals surface area (Å²) >= 11 is 0. The number of ether oxygens (including phenoxy) is 2. The topological polar surface area (TPSA) is 44.8 Å². The van der Waals surface area contributed by atoms with Crippen molar-refractivity contribution in [2.24, 2.45) is 23.2 Å². The SMILES string of the molecule is COc1cc2c(cc1O[Si](C(C)C)(C(C)C)C(C)C)CC[C@@H]1[C@@H]2CC[C@]2(C)C(C(C)COC(C)=O)=CC[C@@H]12. The minimum absolute atomic E-state index is 0.183. The molecule has 0 aromatic heterocycles. The number of esters is 1. The third-order valence-electron chi connectivity index (χ3n) is 10.7. The van der Waals surface area contributed by atoms with Crippen LogP contribution in [-0.2, 0) is 16.0 Å². The third-order valence-corrected chi connectivity index (χ3v) is 16.7. The minimum Gasteiger partial charge on any atom is -0.540 e. The van der Waals surface area contributed by atoms with E-state index in [4.69, 9.17) is 13.9 Å². The number of aryl methyl sites for hydroxylation is 1. The van der Waals surface area contributed by atoms with Gasteiger partial charge in [-0.15, -0.1) is 0 Å². The Morgan fingerprint density at radius 1 is 1.03 bits per heavy atom. The first-order valence-electron chi connectivity index (χ1n) is 15.1. The molecule has 0 heterocycles. The van der Waals surface area contributed by atoms with Crippen LogP contribution in [0.5, 0.6) is 11.5 Å². The molecular weight excluding hydrogens is 488 g/mol. The van der Waals surface area contributed by atoms with Gasteiger partial charge in [-0.2, -0.15) is 0 Å². The molecule has 1 aromatic rings. The Kier molecular flexibility index (Phi) is 8.48. The van der Waals surface area contributed by atoms with E-state index in [9.17, 15) is 4.79 Å². The summed E-state index contributed by atoms with van der Waals surface area (Å²) in [7, 11) is -0.275. The van der Waals surface area contributed by atoms with Crippen LogP contribution in [0.25, 0.3) is 0 Å². The predicted octanol–water partition coefficient (Wildman–Crippen LogP) is 8.84. The molecule has 0 radical (unpaired) electrons. The maximum Gasteiger partial charge on any atom is 0.302 e. The average molecular weight is 541 g/mol. The second-order valence-corrected chi connectivity index (χ2v) is 19.0. The second-order valence-electron chi connectivity index (χ2n) is 13.6. The van der Waals surface area contributed by atoms with Gasteiger partial charge in [-0.3, -0.25) is 4.79 Å². The normalized spacial score (nSPS) is 27.5. The van der Waals surface area contributed by atoms with Gasteiger partial charge in [0, 0.05) is 12.8 Å². The lowest BCUT2D eigenvalue weighted by Gasteiger charge is -2.51. The van der Waals surface area contributed by atoms with Crippen LogP contribution in [0.1, 0.15) is 105 Å². The Bertz CT molecular complexity index is 1040. The highest BCUT2D eigenvalue weighted by atomic mass is 28.4. The summed E-state index contributed by atoms with van der Waals surface area (Å²) in [6, 6.07) is 4.70. The smallest absolute Gasteiger partial charge is 0.302 e. The molecule has 4 nitrogen and oxygen atoms in total. The molecule has 38 heavy (non-hydrogen) atoms. The van der Waals surface area contributed by atoms with Crippen LogP contribution < -0.4 is 9.16 Å². The Balaban J connectivity index is 1.61. The number of hydrogen-bond donors (Lipinski definition) is 0. The van der Waals surface area contributed by atoms with Crippen LogP contribution in [0, 0.1) is 23.2 Å². The third kappa shape index (κ3) is 4.86. The zero-order chi connectivity index (χ0) is 28.0. The Hall–Kier alpha value is -1.75. The lowest BCUT2D eigenvalue weighted by Crippen LogP contribution is -2.50. The molecule has 0 spiro atoms. The number of fused-ring (bicyclic) bond motifs is 5. The monoisotopic (exact) mass is 540 g/mol. The quantitative estimate of drug-likeness (QED) is 0.178. The van der Waals surface area contributed by atoms with Crippen molar-refractivity contribution >= 4 is 14.3 Å². The van der Waals surface area contributed by atoms with Crippen molar-refractivity contribution in [1.82, 2.24) is 0 Å². The number of benzene rings is 1. The van der Waals surface area contributed by atoms with E-state index in [1.165, 1.54) is 42.9 Å². The maximum atomic E-state index is 11.4. The fourth-order valence-corrected chi connectivity index (χ4v) is 14.3. The van der Waals surface area contributed by atoms with E-state index >= 15 is 0 Å². The molecule has 0 bridgehead atoms. The summed E-state index contributed by atoms with van der Waals surface area (Å²) in [4.78, 5) is 11.4. The number of methoxy groups -OCH3 is 1. The Labute approximate surface area is 233 Å². The lowest BCUT2D eigenvalue weighted by molar-refractivity contribution is -0.141. The van der Waals surface area contributed by atoms with Gasteiger partial charge in [0.2, 0.25) is 0 Å². The molecule has 3 aliphatic rings. The predicted molar refractivity (Wildman–Crippen MR) is 159 cm³/mol. The van der Waals surface area contributed by atoms with Gasteiger partial charge in [0.15, 0.2) is 5.75 Å².